The Morgan fingerprint density at radius 3 is 2.33 bits per heavy atom. The summed E-state index contributed by atoms with van der Waals surface area (Å²) in [5.41, 5.74) is 2.11. The van der Waals surface area contributed by atoms with E-state index in [0.717, 1.165) is 5.52 Å². The van der Waals surface area contributed by atoms with Gasteiger partial charge in [0, 0.05) is 20.3 Å². The van der Waals surface area contributed by atoms with Crippen molar-refractivity contribution in [2.75, 3.05) is 53.1 Å². The second kappa shape index (κ2) is 10.9. The van der Waals surface area contributed by atoms with E-state index in [2.05, 4.69) is 0 Å². The molecule has 0 bridgehead atoms. The lowest BCUT2D eigenvalue weighted by molar-refractivity contribution is -0.153. The number of hydrogen-bond acceptors (Lipinski definition) is 8. The van der Waals surface area contributed by atoms with E-state index in [1.54, 1.807) is 31.1 Å². The van der Waals surface area contributed by atoms with Gasteiger partial charge in [-0.1, -0.05) is 12.1 Å². The van der Waals surface area contributed by atoms with Crippen LogP contribution >= 0.6 is 0 Å². The molecule has 0 N–H and O–H groups in total. The van der Waals surface area contributed by atoms with Crippen LogP contribution in [0.1, 0.15) is 24.9 Å². The first kappa shape index (κ1) is 25.3. The predicted molar refractivity (Wildman–Crippen MR) is 133 cm³/mol. The van der Waals surface area contributed by atoms with Crippen LogP contribution in [0.15, 0.2) is 36.4 Å². The lowest BCUT2D eigenvalue weighted by Gasteiger charge is -2.38. The molecular formula is C26H31N3O7. The van der Waals surface area contributed by atoms with Crippen molar-refractivity contribution in [3.05, 3.63) is 42.0 Å². The molecule has 36 heavy (non-hydrogen) atoms. The number of fused-ring (bicyclic) bond motifs is 3. The summed E-state index contributed by atoms with van der Waals surface area (Å²) in [5, 5.41) is 0. The van der Waals surface area contributed by atoms with E-state index in [1.807, 2.05) is 28.8 Å². The molecular weight excluding hydrogens is 466 g/mol. The van der Waals surface area contributed by atoms with Crippen LogP contribution in [0.25, 0.3) is 11.0 Å². The van der Waals surface area contributed by atoms with Crippen LogP contribution in [0.2, 0.25) is 0 Å². The lowest BCUT2D eigenvalue weighted by atomic mass is 9.89. The Morgan fingerprint density at radius 2 is 1.72 bits per heavy atom. The highest BCUT2D eigenvalue weighted by atomic mass is 16.5. The monoisotopic (exact) mass is 497 g/mol. The zero-order chi connectivity index (χ0) is 25.8. The van der Waals surface area contributed by atoms with Crippen molar-refractivity contribution in [2.45, 2.75) is 19.4 Å². The van der Waals surface area contributed by atoms with E-state index in [-0.39, 0.29) is 12.5 Å². The molecule has 192 valence electrons. The molecule has 3 aromatic rings. The fraction of sp³-hybridized carbons (Fsp3) is 0.423. The molecule has 1 aliphatic heterocycles. The second-order valence-corrected chi connectivity index (χ2v) is 8.24. The van der Waals surface area contributed by atoms with Gasteiger partial charge in [0.25, 0.3) is 0 Å². The molecule has 0 saturated heterocycles. The summed E-state index contributed by atoms with van der Waals surface area (Å²) in [4.78, 5) is 33.6. The zero-order valence-corrected chi connectivity index (χ0v) is 21.1. The van der Waals surface area contributed by atoms with Gasteiger partial charge in [0.1, 0.15) is 0 Å². The highest BCUT2D eigenvalue weighted by Gasteiger charge is 2.48. The first-order chi connectivity index (χ1) is 17.5. The van der Waals surface area contributed by atoms with Crippen molar-refractivity contribution in [3.8, 4) is 17.2 Å². The van der Waals surface area contributed by atoms with Crippen LogP contribution < -0.4 is 19.1 Å². The van der Waals surface area contributed by atoms with Crippen molar-refractivity contribution in [2.24, 2.45) is 5.92 Å². The van der Waals surface area contributed by atoms with E-state index >= 15 is 0 Å². The fourth-order valence-electron chi connectivity index (χ4n) is 4.70. The molecule has 10 heteroatoms. The van der Waals surface area contributed by atoms with Crippen molar-refractivity contribution in [3.63, 3.8) is 0 Å². The number of benzene rings is 2. The molecule has 4 rings (SSSR count). The molecule has 2 atom stereocenters. The van der Waals surface area contributed by atoms with Crippen molar-refractivity contribution < 1.29 is 33.3 Å². The highest BCUT2D eigenvalue weighted by Crippen LogP contribution is 2.46. The number of carbonyl (C=O) groups excluding carboxylic acids is 2. The molecule has 0 radical (unpaired) electrons. The summed E-state index contributed by atoms with van der Waals surface area (Å²) in [5.74, 6) is -0.453. The normalized spacial score (nSPS) is 17.1. The topological polar surface area (TPSA) is 101 Å². The van der Waals surface area contributed by atoms with Gasteiger partial charge in [-0.2, -0.15) is 0 Å². The average molecular weight is 498 g/mol. The fourth-order valence-corrected chi connectivity index (χ4v) is 4.70. The number of aromatic nitrogens is 2. The van der Waals surface area contributed by atoms with Gasteiger partial charge in [-0.15, -0.1) is 0 Å². The molecule has 1 aromatic heterocycles. The van der Waals surface area contributed by atoms with Crippen LogP contribution in [0.5, 0.6) is 17.2 Å². The van der Waals surface area contributed by atoms with Crippen LogP contribution in [0.3, 0.4) is 0 Å². The Labute approximate surface area is 209 Å². The molecule has 1 aliphatic rings. The standard InChI is InChI=1S/C26H31N3O7/c1-6-36-25(31)21-22(16-14-19(33-3)23(35-5)20(15-16)34-4)29-18-11-8-7-10-17(18)27-26(29)28(24(21)30)12-9-13-32-2/h7-8,10-11,14-15,21-22H,6,9,12-13H2,1-5H3/t21-,22-/m1/s1. The third-order valence-electron chi connectivity index (χ3n) is 6.24. The maximum atomic E-state index is 13.9. The van der Waals surface area contributed by atoms with Crippen molar-refractivity contribution >= 4 is 28.9 Å². The number of methoxy groups -OCH3 is 4. The third-order valence-corrected chi connectivity index (χ3v) is 6.24. The minimum Gasteiger partial charge on any atom is -0.493 e. The van der Waals surface area contributed by atoms with Crippen LogP contribution in [0.4, 0.5) is 5.95 Å². The molecule has 0 saturated carbocycles. The first-order valence-electron chi connectivity index (χ1n) is 11.7. The third kappa shape index (κ3) is 4.32. The number of esters is 1. The van der Waals surface area contributed by atoms with E-state index in [1.165, 1.54) is 21.3 Å². The van der Waals surface area contributed by atoms with Gasteiger partial charge >= 0.3 is 5.97 Å². The minimum atomic E-state index is -1.15. The van der Waals surface area contributed by atoms with Crippen LogP contribution in [-0.4, -0.2) is 69.6 Å². The molecule has 2 aromatic carbocycles. The summed E-state index contributed by atoms with van der Waals surface area (Å²) in [7, 11) is 6.16. The van der Waals surface area contributed by atoms with Gasteiger partial charge in [0.2, 0.25) is 17.6 Å². The number of anilines is 1. The van der Waals surface area contributed by atoms with Gasteiger partial charge in [0.15, 0.2) is 17.4 Å². The number of carbonyl (C=O) groups is 2. The Balaban J connectivity index is 2.00. The highest BCUT2D eigenvalue weighted by molar-refractivity contribution is 6.08. The van der Waals surface area contributed by atoms with Crippen molar-refractivity contribution in [1.82, 2.24) is 9.55 Å². The molecule has 0 fully saturated rings. The minimum absolute atomic E-state index is 0.145. The molecule has 0 spiro atoms. The summed E-state index contributed by atoms with van der Waals surface area (Å²) < 4.78 is 29.1. The van der Waals surface area contributed by atoms with E-state index in [9.17, 15) is 9.59 Å². The molecule has 1 amide bonds. The van der Waals surface area contributed by atoms with E-state index < -0.39 is 17.9 Å². The van der Waals surface area contributed by atoms with Gasteiger partial charge in [0.05, 0.1) is 45.0 Å². The average Bonchev–Trinajstić information content (AvgIpc) is 3.27. The largest absolute Gasteiger partial charge is 0.493 e. The Kier molecular flexibility index (Phi) is 7.64. The number of rotatable bonds is 10. The molecule has 0 unspecified atom stereocenters. The van der Waals surface area contributed by atoms with E-state index in [4.69, 9.17) is 28.7 Å². The predicted octanol–water partition coefficient (Wildman–Crippen LogP) is 3.21. The molecule has 2 heterocycles. The maximum absolute atomic E-state index is 13.9. The molecule has 0 aliphatic carbocycles. The van der Waals surface area contributed by atoms with E-state index in [0.29, 0.717) is 53.8 Å². The number of nitrogens with zero attached hydrogens (tertiary/aromatic N) is 3. The Hall–Kier alpha value is -3.79. The second-order valence-electron chi connectivity index (χ2n) is 8.24. The number of hydrogen-bond donors (Lipinski definition) is 0. The zero-order valence-electron chi connectivity index (χ0n) is 21.1. The van der Waals surface area contributed by atoms with Crippen LogP contribution in [0, 0.1) is 5.92 Å². The first-order valence-corrected chi connectivity index (χ1v) is 11.7. The summed E-state index contributed by atoms with van der Waals surface area (Å²) >= 11 is 0. The summed E-state index contributed by atoms with van der Waals surface area (Å²) in [6.07, 6.45) is 0.579. The van der Waals surface area contributed by atoms with Gasteiger partial charge in [-0.05, 0) is 43.2 Å². The molecule has 10 nitrogen and oxygen atoms in total. The van der Waals surface area contributed by atoms with Crippen LogP contribution in [-0.2, 0) is 19.1 Å². The summed E-state index contributed by atoms with van der Waals surface area (Å²) in [6.45, 7) is 2.66. The smallest absolute Gasteiger partial charge is 0.321 e. The lowest BCUT2D eigenvalue weighted by Crippen LogP contribution is -2.50. The van der Waals surface area contributed by atoms with Crippen molar-refractivity contribution in [1.29, 1.82) is 0 Å². The van der Waals surface area contributed by atoms with Gasteiger partial charge < -0.3 is 28.3 Å². The summed E-state index contributed by atoms with van der Waals surface area (Å²) in [6, 6.07) is 10.3. The quantitative estimate of drug-likeness (QED) is 0.239. The Morgan fingerprint density at radius 1 is 1.03 bits per heavy atom. The number of ether oxygens (including phenoxy) is 5. The Bertz CT molecular complexity index is 1230. The maximum Gasteiger partial charge on any atom is 0.321 e. The van der Waals surface area contributed by atoms with Gasteiger partial charge in [-0.3, -0.25) is 14.5 Å². The SMILES string of the molecule is CCOC(=O)[C@H]1C(=O)N(CCCOC)c2nc3ccccc3n2[C@@H]1c1cc(OC)c(OC)c(OC)c1. The number of imidazole rings is 1. The van der Waals surface area contributed by atoms with Gasteiger partial charge in [-0.25, -0.2) is 4.98 Å². The number of para-hydroxylation sites is 2. The number of amides is 1.